The fraction of sp³-hybridized carbons (Fsp3) is 0.571. The minimum absolute atomic E-state index is 0. The molecule has 0 radical (unpaired) electrons. The molecule has 96 heavy (non-hydrogen) atoms. The second-order valence-corrected chi connectivity index (χ2v) is 40.1. The van der Waals surface area contributed by atoms with Crippen LogP contribution in [-0.4, -0.2) is 0 Å². The van der Waals surface area contributed by atoms with Crippen molar-refractivity contribution in [1.29, 1.82) is 0 Å². The van der Waals surface area contributed by atoms with E-state index in [9.17, 15) is 0 Å². The Morgan fingerprint density at radius 2 is 0.396 bits per heavy atom. The molecular weight excluding hydrogens is 1450 g/mol. The van der Waals surface area contributed by atoms with Gasteiger partial charge in [0.25, 0.3) is 0 Å². The van der Waals surface area contributed by atoms with E-state index in [0.29, 0.717) is 11.5 Å². The van der Waals surface area contributed by atoms with Crippen LogP contribution in [0.3, 0.4) is 0 Å². The van der Waals surface area contributed by atoms with Gasteiger partial charge in [0.1, 0.15) is 23.0 Å². The van der Waals surface area contributed by atoms with Crippen LogP contribution in [0.4, 0.5) is 0 Å². The molecular formula is C84H126Cl2O6P2Pd2. The number of benzene rings is 6. The monoisotopic (exact) mass is 1570 g/mol. The van der Waals surface area contributed by atoms with Crippen LogP contribution in [-0.2, 0) is 106 Å². The first kappa shape index (κ1) is 90.9. The van der Waals surface area contributed by atoms with Crippen molar-refractivity contribution in [3.8, 4) is 34.5 Å². The van der Waals surface area contributed by atoms with Gasteiger partial charge in [0.2, 0.25) is 0 Å². The fourth-order valence-corrected chi connectivity index (χ4v) is 12.4. The maximum absolute atomic E-state index is 6.88. The van der Waals surface area contributed by atoms with E-state index < -0.39 is 17.2 Å². The quantitative estimate of drug-likeness (QED) is 0.0691. The van der Waals surface area contributed by atoms with Crippen LogP contribution in [0.2, 0.25) is 0 Å². The summed E-state index contributed by atoms with van der Waals surface area (Å²) in [4.78, 5) is 0. The molecule has 0 saturated carbocycles. The number of halogens is 2. The summed E-state index contributed by atoms with van der Waals surface area (Å²) in [5.41, 5.74) is 13.2. The third kappa shape index (κ3) is 25.1. The standard InChI is InChI=1S/2C42H62O3P.2ClH.2Pd/c2*1-37(2,3)28-19-22-34(31(25-28)40(10,11)12)43-46(44-35-23-20-29(38(4,5)6)26-32(35)41(13,14)15)45-36-24-21-30(39(7,8)9)27-33(36)42(16,17)18;;;;/h2*19-23,25-27H,1-18H3;2*1H;;/q2*-1;;;;+2. The zero-order valence-electron chi connectivity index (χ0n) is 66.0. The second kappa shape index (κ2) is 32.5. The molecule has 0 saturated heterocycles. The smallest absolute Gasteiger partial charge is 0.435 e. The van der Waals surface area contributed by atoms with E-state index in [1.807, 2.05) is 0 Å². The van der Waals surface area contributed by atoms with Crippen molar-refractivity contribution in [3.63, 3.8) is 0 Å². The van der Waals surface area contributed by atoms with Crippen molar-refractivity contribution in [3.05, 3.63) is 176 Å². The zero-order valence-corrected chi connectivity index (χ0v) is 72.6. The van der Waals surface area contributed by atoms with Gasteiger partial charge in [-0.25, -0.2) is 0 Å². The Hall–Kier alpha value is -3.12. The van der Waals surface area contributed by atoms with Crippen molar-refractivity contribution < 1.29 is 68.0 Å². The average molecular weight is 1580 g/mol. The van der Waals surface area contributed by atoms with Crippen molar-refractivity contribution in [2.24, 2.45) is 0 Å². The van der Waals surface area contributed by atoms with Crippen LogP contribution in [0.5, 0.6) is 34.5 Å². The second-order valence-electron chi connectivity index (χ2n) is 38.1. The Morgan fingerprint density at radius 3 is 0.552 bits per heavy atom. The molecule has 0 aliphatic rings. The average Bonchev–Trinajstić information content (AvgIpc) is 0.801. The zero-order chi connectivity index (χ0) is 70.5. The molecule has 12 heteroatoms. The molecule has 6 aromatic rings. The topological polar surface area (TPSA) is 55.4 Å². The van der Waals surface area contributed by atoms with Gasteiger partial charge in [0.05, 0.1) is 0 Å². The third-order valence-corrected chi connectivity index (χ3v) is 18.8. The van der Waals surface area contributed by atoms with Gasteiger partial charge in [-0.05, 0) is 89.8 Å². The minimum Gasteiger partial charge on any atom is -0.435 e. The first-order valence-electron chi connectivity index (χ1n) is 33.6. The van der Waals surface area contributed by atoms with Crippen molar-refractivity contribution in [1.82, 2.24) is 0 Å². The predicted molar refractivity (Wildman–Crippen MR) is 413 cm³/mol. The van der Waals surface area contributed by atoms with Gasteiger partial charge < -0.3 is 27.1 Å². The van der Waals surface area contributed by atoms with Gasteiger partial charge in [-0.2, -0.15) is 35.4 Å². The Morgan fingerprint density at radius 1 is 0.229 bits per heavy atom. The summed E-state index contributed by atoms with van der Waals surface area (Å²) >= 11 is 0. The molecule has 0 atom stereocenters. The largest absolute Gasteiger partial charge is 2.00 e. The number of hydrogen-bond acceptors (Lipinski definition) is 6. The molecule has 6 nitrogen and oxygen atoms in total. The molecule has 0 heterocycles. The number of hydrogen-bond donors (Lipinski definition) is 0. The van der Waals surface area contributed by atoms with Gasteiger partial charge in [0, 0.05) is 54.2 Å². The third-order valence-electron chi connectivity index (χ3n) is 16.8. The summed E-state index contributed by atoms with van der Waals surface area (Å²) in [7, 11) is -3.85. The molecule has 6 rings (SSSR count). The molecule has 0 aromatic heterocycles. The van der Waals surface area contributed by atoms with Gasteiger partial charge in [-0.3, -0.25) is 0 Å². The predicted octanol–water partition coefficient (Wildman–Crippen LogP) is 26.9. The van der Waals surface area contributed by atoms with Crippen molar-refractivity contribution in [2.75, 3.05) is 0 Å². The van der Waals surface area contributed by atoms with Crippen LogP contribution >= 0.6 is 42.0 Å². The Bertz CT molecular complexity index is 2910. The SMILES string of the molecule is CC(C)(C)c1c[c-]c(OP(Oc2ccc(C(C)(C)C)cc2C(C)(C)C)Oc2ccc(C(C)(C)C)cc2C(C)(C)C)c(C(C)(C)C)c1.CC(C)(C)c1c[c-]c(OP(Oc2ccc(C(C)(C)C)cc2C(C)(C)C)Oc2ccc(C(C)(C)C)cc2C(C)(C)C)c(C(C)(C)C)c1.Cl.Cl.[Pd+2].[Pd]. The Labute approximate surface area is 629 Å². The summed E-state index contributed by atoms with van der Waals surface area (Å²) in [6.45, 7) is 80.3. The molecule has 0 fully saturated rings. The molecule has 0 aliphatic carbocycles. The molecule has 0 aliphatic heterocycles. The summed E-state index contributed by atoms with van der Waals surface area (Å²) in [6.07, 6.45) is 0. The van der Waals surface area contributed by atoms with Gasteiger partial charge in [-0.15, -0.1) is 48.1 Å². The maximum Gasteiger partial charge on any atom is 2.00 e. The van der Waals surface area contributed by atoms with E-state index in [1.54, 1.807) is 0 Å². The van der Waals surface area contributed by atoms with E-state index in [0.717, 1.165) is 56.4 Å². The van der Waals surface area contributed by atoms with Crippen LogP contribution in [0.15, 0.2) is 97.1 Å². The molecule has 0 spiro atoms. The molecule has 0 bridgehead atoms. The van der Waals surface area contributed by atoms with Crippen LogP contribution < -0.4 is 27.1 Å². The summed E-state index contributed by atoms with van der Waals surface area (Å²) in [5.74, 6) is 4.44. The van der Waals surface area contributed by atoms with E-state index in [4.69, 9.17) is 27.1 Å². The minimum atomic E-state index is -1.92. The summed E-state index contributed by atoms with van der Waals surface area (Å²) in [6, 6.07) is 41.8. The Kier molecular flexibility index (Phi) is 30.7. The van der Waals surface area contributed by atoms with Gasteiger partial charge in [-0.1, -0.05) is 319 Å². The fourth-order valence-electron chi connectivity index (χ4n) is 10.3. The van der Waals surface area contributed by atoms with E-state index in [-0.39, 0.29) is 131 Å². The van der Waals surface area contributed by atoms with E-state index in [2.05, 4.69) is 358 Å². The summed E-state index contributed by atoms with van der Waals surface area (Å²) < 4.78 is 41.2. The van der Waals surface area contributed by atoms with E-state index >= 15 is 0 Å². The normalized spacial score (nSPS) is 13.1. The van der Waals surface area contributed by atoms with Crippen LogP contribution in [0.25, 0.3) is 0 Å². The molecule has 0 N–H and O–H groups in total. The van der Waals surface area contributed by atoms with Gasteiger partial charge >= 0.3 is 37.6 Å². The first-order chi connectivity index (χ1) is 41.2. The first-order valence-corrected chi connectivity index (χ1v) is 35.8. The van der Waals surface area contributed by atoms with Crippen molar-refractivity contribution in [2.45, 2.75) is 314 Å². The van der Waals surface area contributed by atoms with Crippen molar-refractivity contribution >= 4 is 42.0 Å². The summed E-state index contributed by atoms with van der Waals surface area (Å²) in [5, 5.41) is 0. The van der Waals surface area contributed by atoms with E-state index in [1.165, 1.54) is 33.4 Å². The Balaban J connectivity index is 0.000000922. The van der Waals surface area contributed by atoms with Gasteiger partial charge in [0.15, 0.2) is 0 Å². The molecule has 542 valence electrons. The molecule has 0 unspecified atom stereocenters. The molecule has 6 aromatic carbocycles. The number of rotatable bonds is 12. The van der Waals surface area contributed by atoms with Crippen LogP contribution in [0.1, 0.15) is 316 Å². The van der Waals surface area contributed by atoms with Crippen LogP contribution in [0, 0.1) is 12.1 Å². The molecule has 0 amide bonds. The maximum atomic E-state index is 6.88.